The molecule has 0 aromatic carbocycles. The Hall–Kier alpha value is -1.59. The van der Waals surface area contributed by atoms with Crippen LogP contribution in [0.5, 0.6) is 0 Å². The number of carbonyl (C=O) groups is 3. The van der Waals surface area contributed by atoms with E-state index in [9.17, 15) is 14.4 Å². The molecule has 1 aliphatic carbocycles. The maximum absolute atomic E-state index is 12.1. The van der Waals surface area contributed by atoms with Crippen LogP contribution in [-0.2, 0) is 14.4 Å². The molecule has 132 valence electrons. The molecule has 0 radical (unpaired) electrons. The maximum Gasteiger partial charge on any atom is 0.326 e. The standard InChI is InChI=1S/C17H30N2O4/c1-11(2)9-14(17(22)23)19-15(20)10-12(3)18-16(21)13-7-5-4-6-8-13/h11-14H,4-10H2,1-3H3,(H,18,21)(H,19,20)(H,22,23)/t12?,14-/m0/s1. The number of hydrogen-bond donors (Lipinski definition) is 3. The fourth-order valence-corrected chi connectivity index (χ4v) is 3.00. The molecule has 6 nitrogen and oxygen atoms in total. The van der Waals surface area contributed by atoms with Gasteiger partial charge in [-0.3, -0.25) is 9.59 Å². The molecular formula is C17H30N2O4. The van der Waals surface area contributed by atoms with Gasteiger partial charge in [-0.2, -0.15) is 0 Å². The monoisotopic (exact) mass is 326 g/mol. The SMILES string of the molecule is CC(C)C[C@H](NC(=O)CC(C)NC(=O)C1CCCCC1)C(=O)O. The minimum atomic E-state index is -1.02. The number of nitrogens with one attached hydrogen (secondary N) is 2. The zero-order valence-corrected chi connectivity index (χ0v) is 14.4. The van der Waals surface area contributed by atoms with Crippen LogP contribution >= 0.6 is 0 Å². The number of rotatable bonds is 8. The van der Waals surface area contributed by atoms with Crippen molar-refractivity contribution >= 4 is 17.8 Å². The van der Waals surface area contributed by atoms with Crippen molar-refractivity contribution in [2.45, 2.75) is 77.8 Å². The summed E-state index contributed by atoms with van der Waals surface area (Å²) in [6.07, 6.45) is 5.68. The van der Waals surface area contributed by atoms with Crippen LogP contribution in [0.25, 0.3) is 0 Å². The lowest BCUT2D eigenvalue weighted by atomic mass is 9.88. The van der Waals surface area contributed by atoms with Crippen LogP contribution in [0.15, 0.2) is 0 Å². The molecule has 1 fully saturated rings. The molecule has 0 saturated heterocycles. The van der Waals surface area contributed by atoms with E-state index >= 15 is 0 Å². The van der Waals surface area contributed by atoms with Crippen LogP contribution in [0.1, 0.15) is 65.7 Å². The lowest BCUT2D eigenvalue weighted by Gasteiger charge is -2.23. The Kier molecular flexibility index (Phi) is 8.06. The highest BCUT2D eigenvalue weighted by Crippen LogP contribution is 2.23. The summed E-state index contributed by atoms with van der Waals surface area (Å²) < 4.78 is 0. The minimum absolute atomic E-state index is 0.0157. The third-order valence-corrected chi connectivity index (χ3v) is 4.20. The third-order valence-electron chi connectivity index (χ3n) is 4.20. The first-order chi connectivity index (χ1) is 10.8. The summed E-state index contributed by atoms with van der Waals surface area (Å²) in [5.74, 6) is -1.11. The first-order valence-corrected chi connectivity index (χ1v) is 8.62. The molecule has 0 spiro atoms. The van der Waals surface area contributed by atoms with E-state index in [1.54, 1.807) is 6.92 Å². The maximum atomic E-state index is 12.1. The van der Waals surface area contributed by atoms with Gasteiger partial charge in [0, 0.05) is 18.4 Å². The van der Waals surface area contributed by atoms with Gasteiger partial charge in [0.15, 0.2) is 0 Å². The van der Waals surface area contributed by atoms with Gasteiger partial charge in [0.05, 0.1) is 0 Å². The van der Waals surface area contributed by atoms with Crippen LogP contribution in [0.4, 0.5) is 0 Å². The Bertz CT molecular complexity index is 417. The summed E-state index contributed by atoms with van der Waals surface area (Å²) >= 11 is 0. The summed E-state index contributed by atoms with van der Waals surface area (Å²) in [6, 6.07) is -1.17. The van der Waals surface area contributed by atoms with E-state index in [2.05, 4.69) is 10.6 Å². The number of carboxylic acid groups (broad SMARTS) is 1. The summed E-state index contributed by atoms with van der Waals surface area (Å²) in [7, 11) is 0. The molecule has 2 atom stereocenters. The minimum Gasteiger partial charge on any atom is -0.480 e. The number of hydrogen-bond acceptors (Lipinski definition) is 3. The van der Waals surface area contributed by atoms with Crippen LogP contribution in [0.2, 0.25) is 0 Å². The molecule has 1 rings (SSSR count). The average Bonchev–Trinajstić information content (AvgIpc) is 2.46. The van der Waals surface area contributed by atoms with Crippen LogP contribution in [-0.4, -0.2) is 35.0 Å². The number of carbonyl (C=O) groups excluding carboxylic acids is 2. The summed E-state index contributed by atoms with van der Waals surface area (Å²) in [4.78, 5) is 35.3. The number of aliphatic carboxylic acids is 1. The topological polar surface area (TPSA) is 95.5 Å². The fourth-order valence-electron chi connectivity index (χ4n) is 3.00. The van der Waals surface area contributed by atoms with Crippen LogP contribution < -0.4 is 10.6 Å². The van der Waals surface area contributed by atoms with E-state index in [0.717, 1.165) is 25.7 Å². The quantitative estimate of drug-likeness (QED) is 0.636. The molecule has 0 aliphatic heterocycles. The predicted octanol–water partition coefficient (Wildman–Crippen LogP) is 2.08. The molecule has 3 N–H and O–H groups in total. The van der Waals surface area contributed by atoms with E-state index in [4.69, 9.17) is 5.11 Å². The zero-order chi connectivity index (χ0) is 17.4. The Morgan fingerprint density at radius 2 is 1.65 bits per heavy atom. The number of carboxylic acids is 1. The Morgan fingerprint density at radius 1 is 1.04 bits per heavy atom. The molecule has 0 aromatic rings. The predicted molar refractivity (Wildman–Crippen MR) is 87.8 cm³/mol. The van der Waals surface area contributed by atoms with Gasteiger partial charge in [0.2, 0.25) is 11.8 Å². The lowest BCUT2D eigenvalue weighted by molar-refractivity contribution is -0.142. The average molecular weight is 326 g/mol. The van der Waals surface area contributed by atoms with Crippen LogP contribution in [0, 0.1) is 11.8 Å². The second-order valence-corrected chi connectivity index (χ2v) is 7.04. The van der Waals surface area contributed by atoms with Gasteiger partial charge in [-0.1, -0.05) is 33.1 Å². The molecule has 1 aliphatic rings. The molecule has 6 heteroatoms. The van der Waals surface area contributed by atoms with Crippen molar-refractivity contribution in [1.29, 1.82) is 0 Å². The van der Waals surface area contributed by atoms with Gasteiger partial charge in [0.1, 0.15) is 6.04 Å². The highest BCUT2D eigenvalue weighted by atomic mass is 16.4. The van der Waals surface area contributed by atoms with Crippen LogP contribution in [0.3, 0.4) is 0 Å². The summed E-state index contributed by atoms with van der Waals surface area (Å²) in [5.41, 5.74) is 0. The molecule has 23 heavy (non-hydrogen) atoms. The third kappa shape index (κ3) is 7.48. The lowest BCUT2D eigenvalue weighted by Crippen LogP contribution is -2.45. The van der Waals surface area contributed by atoms with Crippen molar-refractivity contribution in [2.75, 3.05) is 0 Å². The van der Waals surface area contributed by atoms with Crippen molar-refractivity contribution in [2.24, 2.45) is 11.8 Å². The largest absolute Gasteiger partial charge is 0.480 e. The number of amides is 2. The van der Waals surface area contributed by atoms with Crippen molar-refractivity contribution in [3.63, 3.8) is 0 Å². The summed E-state index contributed by atoms with van der Waals surface area (Å²) in [6.45, 7) is 5.60. The molecule has 1 saturated carbocycles. The van der Waals surface area contributed by atoms with E-state index in [1.165, 1.54) is 6.42 Å². The fraction of sp³-hybridized carbons (Fsp3) is 0.824. The van der Waals surface area contributed by atoms with Gasteiger partial charge in [-0.05, 0) is 32.1 Å². The van der Waals surface area contributed by atoms with Crippen molar-refractivity contribution < 1.29 is 19.5 Å². The Morgan fingerprint density at radius 3 is 2.17 bits per heavy atom. The van der Waals surface area contributed by atoms with Crippen molar-refractivity contribution in [3.05, 3.63) is 0 Å². The Labute approximate surface area is 138 Å². The van der Waals surface area contributed by atoms with E-state index in [0.29, 0.717) is 6.42 Å². The van der Waals surface area contributed by atoms with E-state index < -0.39 is 12.0 Å². The normalized spacial score (nSPS) is 18.3. The first-order valence-electron chi connectivity index (χ1n) is 8.62. The molecule has 2 amide bonds. The first kappa shape index (κ1) is 19.5. The van der Waals surface area contributed by atoms with Gasteiger partial charge >= 0.3 is 5.97 Å². The summed E-state index contributed by atoms with van der Waals surface area (Å²) in [5, 5.41) is 14.6. The van der Waals surface area contributed by atoms with Gasteiger partial charge in [0.25, 0.3) is 0 Å². The molecule has 0 bridgehead atoms. The van der Waals surface area contributed by atoms with Crippen molar-refractivity contribution in [1.82, 2.24) is 10.6 Å². The Balaban J connectivity index is 2.39. The highest BCUT2D eigenvalue weighted by Gasteiger charge is 2.25. The van der Waals surface area contributed by atoms with Gasteiger partial charge in [-0.25, -0.2) is 4.79 Å². The smallest absolute Gasteiger partial charge is 0.326 e. The molecule has 1 unspecified atom stereocenters. The molecule has 0 heterocycles. The zero-order valence-electron chi connectivity index (χ0n) is 14.4. The molecular weight excluding hydrogens is 296 g/mol. The van der Waals surface area contributed by atoms with Gasteiger partial charge < -0.3 is 15.7 Å². The second kappa shape index (κ2) is 9.53. The van der Waals surface area contributed by atoms with E-state index in [-0.39, 0.29) is 36.1 Å². The highest BCUT2D eigenvalue weighted by molar-refractivity contribution is 5.84. The molecule has 0 aromatic heterocycles. The van der Waals surface area contributed by atoms with Gasteiger partial charge in [-0.15, -0.1) is 0 Å². The van der Waals surface area contributed by atoms with Crippen molar-refractivity contribution in [3.8, 4) is 0 Å². The second-order valence-electron chi connectivity index (χ2n) is 7.04. The van der Waals surface area contributed by atoms with E-state index in [1.807, 2.05) is 13.8 Å².